The van der Waals surface area contributed by atoms with E-state index in [1.54, 1.807) is 12.1 Å². The number of aldehydes is 1. The molecule has 3 rings (SSSR count). The van der Waals surface area contributed by atoms with Gasteiger partial charge in [0, 0.05) is 22.5 Å². The van der Waals surface area contributed by atoms with Crippen molar-refractivity contribution in [3.8, 4) is 0 Å². The molecule has 2 heteroatoms. The first-order valence-corrected chi connectivity index (χ1v) is 5.97. The third-order valence-corrected chi connectivity index (χ3v) is 4.27. The molecule has 2 fully saturated rings. The van der Waals surface area contributed by atoms with E-state index < -0.39 is 0 Å². The summed E-state index contributed by atoms with van der Waals surface area (Å²) in [7, 11) is 0. The molecule has 0 aliphatic heterocycles. The first kappa shape index (κ1) is 10.5. The summed E-state index contributed by atoms with van der Waals surface area (Å²) in [6, 6.07) is 7.34. The Morgan fingerprint density at radius 1 is 1.24 bits per heavy atom. The largest absolute Gasteiger partial charge is 0.298 e. The fourth-order valence-corrected chi connectivity index (χ4v) is 2.92. The highest BCUT2D eigenvalue weighted by atomic mass is 16.1. The summed E-state index contributed by atoms with van der Waals surface area (Å²) < 4.78 is 0. The van der Waals surface area contributed by atoms with Crippen LogP contribution in [0.15, 0.2) is 29.8 Å². The fourth-order valence-electron chi connectivity index (χ4n) is 2.92. The molecule has 86 valence electrons. The number of Topliss-reactive ketones (excluding diaryl/α,β-unsaturated/α-hetero) is 1. The molecular formula is C15H14O2. The van der Waals surface area contributed by atoms with E-state index in [0.717, 1.165) is 30.3 Å². The molecule has 0 aromatic heterocycles. The van der Waals surface area contributed by atoms with Crippen molar-refractivity contribution in [1.29, 1.82) is 0 Å². The Labute approximate surface area is 100 Å². The van der Waals surface area contributed by atoms with Crippen LogP contribution in [-0.4, -0.2) is 12.1 Å². The standard InChI is InChI=1S/C15H14O2/c1-15-7-6-13(15)12(14(15)17)8-10-2-4-11(9-16)5-3-10/h2-5,8-9,13H,6-7H2,1H3/b12-8+. The second kappa shape index (κ2) is 3.39. The number of rotatable bonds is 2. The van der Waals surface area contributed by atoms with Crippen LogP contribution in [0.4, 0.5) is 0 Å². The lowest BCUT2D eigenvalue weighted by molar-refractivity contribution is -0.144. The van der Waals surface area contributed by atoms with Crippen LogP contribution in [0.1, 0.15) is 35.7 Å². The van der Waals surface area contributed by atoms with E-state index in [1.165, 1.54) is 0 Å². The number of carbonyl (C=O) groups is 2. The summed E-state index contributed by atoms with van der Waals surface area (Å²) in [5.74, 6) is 0.786. The zero-order valence-electron chi connectivity index (χ0n) is 9.77. The minimum absolute atomic E-state index is 0.0471. The van der Waals surface area contributed by atoms with E-state index in [2.05, 4.69) is 6.92 Å². The van der Waals surface area contributed by atoms with Crippen LogP contribution >= 0.6 is 0 Å². The molecule has 1 aromatic carbocycles. The van der Waals surface area contributed by atoms with Crippen LogP contribution in [0.5, 0.6) is 0 Å². The monoisotopic (exact) mass is 226 g/mol. The number of hydrogen-bond donors (Lipinski definition) is 0. The first-order chi connectivity index (χ1) is 8.15. The summed E-state index contributed by atoms with van der Waals surface area (Å²) in [5.41, 5.74) is 2.60. The zero-order valence-corrected chi connectivity index (χ0v) is 9.77. The molecule has 0 heterocycles. The Kier molecular flexibility index (Phi) is 2.09. The van der Waals surface area contributed by atoms with Gasteiger partial charge in [0.05, 0.1) is 0 Å². The lowest BCUT2D eigenvalue weighted by Gasteiger charge is -2.56. The van der Waals surface area contributed by atoms with Gasteiger partial charge >= 0.3 is 0 Å². The molecule has 17 heavy (non-hydrogen) atoms. The van der Waals surface area contributed by atoms with Crippen LogP contribution in [0.2, 0.25) is 0 Å². The summed E-state index contributed by atoms with van der Waals surface area (Å²) in [6.07, 6.45) is 4.98. The molecular weight excluding hydrogens is 212 g/mol. The van der Waals surface area contributed by atoms with Crippen LogP contribution in [0.25, 0.3) is 6.08 Å². The van der Waals surface area contributed by atoms with E-state index in [1.807, 2.05) is 18.2 Å². The molecule has 2 nitrogen and oxygen atoms in total. The Bertz CT molecular complexity index is 524. The molecule has 2 atom stereocenters. The maximum atomic E-state index is 11.9. The maximum absolute atomic E-state index is 11.9. The summed E-state index contributed by atoms with van der Waals surface area (Å²) >= 11 is 0. The molecule has 1 aromatic rings. The smallest absolute Gasteiger partial charge is 0.165 e. The summed E-state index contributed by atoms with van der Waals surface area (Å²) in [5, 5.41) is 0. The SMILES string of the molecule is CC12CCC1/C(=C\c1ccc(C=O)cc1)C2=O. The number of fused-ring (bicyclic) bond motifs is 1. The van der Waals surface area contributed by atoms with Gasteiger partial charge < -0.3 is 0 Å². The van der Waals surface area contributed by atoms with Gasteiger partial charge in [-0.3, -0.25) is 9.59 Å². The molecule has 0 spiro atoms. The lowest BCUT2D eigenvalue weighted by Crippen LogP contribution is -2.57. The van der Waals surface area contributed by atoms with Crippen LogP contribution in [0, 0.1) is 11.3 Å². The predicted molar refractivity (Wildman–Crippen MR) is 65.6 cm³/mol. The quantitative estimate of drug-likeness (QED) is 0.574. The second-order valence-electron chi connectivity index (χ2n) is 5.22. The number of ketones is 1. The maximum Gasteiger partial charge on any atom is 0.165 e. The third-order valence-electron chi connectivity index (χ3n) is 4.27. The molecule has 2 unspecified atom stereocenters. The topological polar surface area (TPSA) is 34.1 Å². The zero-order chi connectivity index (χ0) is 12.0. The Balaban J connectivity index is 1.87. The fraction of sp³-hybridized carbons (Fsp3) is 0.333. The van der Waals surface area contributed by atoms with E-state index >= 15 is 0 Å². The normalized spacial score (nSPS) is 32.6. The lowest BCUT2D eigenvalue weighted by atomic mass is 9.45. The molecule has 0 N–H and O–H groups in total. The van der Waals surface area contributed by atoms with Gasteiger partial charge in [-0.1, -0.05) is 31.2 Å². The summed E-state index contributed by atoms with van der Waals surface area (Å²) in [4.78, 5) is 22.5. The van der Waals surface area contributed by atoms with Gasteiger partial charge in [0.15, 0.2) is 5.78 Å². The van der Waals surface area contributed by atoms with Gasteiger partial charge in [0.1, 0.15) is 6.29 Å². The van der Waals surface area contributed by atoms with E-state index in [-0.39, 0.29) is 5.41 Å². The number of hydrogen-bond acceptors (Lipinski definition) is 2. The highest BCUT2D eigenvalue weighted by Crippen LogP contribution is 2.61. The Morgan fingerprint density at radius 2 is 1.88 bits per heavy atom. The number of allylic oxidation sites excluding steroid dienone is 1. The Morgan fingerprint density at radius 3 is 2.35 bits per heavy atom. The highest BCUT2D eigenvalue weighted by Gasteiger charge is 2.60. The Hall–Kier alpha value is -1.70. The average Bonchev–Trinajstić information content (AvgIpc) is 2.36. The number of carbonyl (C=O) groups excluding carboxylic acids is 2. The first-order valence-electron chi connectivity index (χ1n) is 5.97. The van der Waals surface area contributed by atoms with E-state index in [9.17, 15) is 9.59 Å². The molecule has 2 saturated carbocycles. The van der Waals surface area contributed by atoms with Crippen molar-refractivity contribution < 1.29 is 9.59 Å². The van der Waals surface area contributed by atoms with Gasteiger partial charge in [0.25, 0.3) is 0 Å². The van der Waals surface area contributed by atoms with Crippen LogP contribution in [-0.2, 0) is 4.79 Å². The molecule has 2 aliphatic carbocycles. The van der Waals surface area contributed by atoms with Gasteiger partial charge in [-0.2, -0.15) is 0 Å². The van der Waals surface area contributed by atoms with E-state index in [0.29, 0.717) is 17.3 Å². The molecule has 0 bridgehead atoms. The predicted octanol–water partition coefficient (Wildman–Crippen LogP) is 2.88. The molecule has 0 radical (unpaired) electrons. The van der Waals surface area contributed by atoms with Crippen molar-refractivity contribution in [2.24, 2.45) is 11.3 Å². The van der Waals surface area contributed by atoms with Crippen molar-refractivity contribution in [2.45, 2.75) is 19.8 Å². The van der Waals surface area contributed by atoms with Crippen LogP contribution in [0.3, 0.4) is 0 Å². The minimum atomic E-state index is -0.0471. The van der Waals surface area contributed by atoms with E-state index in [4.69, 9.17) is 0 Å². The molecule has 0 amide bonds. The van der Waals surface area contributed by atoms with Crippen molar-refractivity contribution in [1.82, 2.24) is 0 Å². The van der Waals surface area contributed by atoms with Crippen molar-refractivity contribution in [3.63, 3.8) is 0 Å². The van der Waals surface area contributed by atoms with Crippen molar-refractivity contribution in [2.75, 3.05) is 0 Å². The minimum Gasteiger partial charge on any atom is -0.298 e. The van der Waals surface area contributed by atoms with Crippen LogP contribution < -0.4 is 0 Å². The summed E-state index contributed by atoms with van der Waals surface area (Å²) in [6.45, 7) is 2.07. The van der Waals surface area contributed by atoms with Gasteiger partial charge in [0.2, 0.25) is 0 Å². The number of benzene rings is 1. The third kappa shape index (κ3) is 1.33. The molecule has 0 saturated heterocycles. The van der Waals surface area contributed by atoms with Crippen molar-refractivity contribution >= 4 is 18.1 Å². The van der Waals surface area contributed by atoms with Crippen molar-refractivity contribution in [3.05, 3.63) is 41.0 Å². The second-order valence-corrected chi connectivity index (χ2v) is 5.22. The van der Waals surface area contributed by atoms with Gasteiger partial charge in [-0.25, -0.2) is 0 Å². The molecule has 2 aliphatic rings. The van der Waals surface area contributed by atoms with Gasteiger partial charge in [-0.15, -0.1) is 0 Å². The highest BCUT2D eigenvalue weighted by molar-refractivity contribution is 6.12. The van der Waals surface area contributed by atoms with Gasteiger partial charge in [-0.05, 0) is 24.5 Å². The average molecular weight is 226 g/mol.